The Kier molecular flexibility index (Phi) is 8.57. The normalized spacial score (nSPS) is 15.7. The van der Waals surface area contributed by atoms with Crippen LogP contribution in [0, 0.1) is 5.82 Å². The topological polar surface area (TPSA) is 125 Å². The third kappa shape index (κ3) is 7.09. The van der Waals surface area contributed by atoms with Gasteiger partial charge in [0.2, 0.25) is 27.7 Å². The van der Waals surface area contributed by atoms with Crippen LogP contribution in [0.1, 0.15) is 32.3 Å². The highest BCUT2D eigenvalue weighted by Gasteiger charge is 2.31. The van der Waals surface area contributed by atoms with Gasteiger partial charge in [-0.3, -0.25) is 14.4 Å². The van der Waals surface area contributed by atoms with E-state index < -0.39 is 33.7 Å². The Bertz CT molecular complexity index is 1180. The summed E-state index contributed by atoms with van der Waals surface area (Å²) in [6.45, 7) is 3.07. The van der Waals surface area contributed by atoms with Crippen molar-refractivity contribution in [3.05, 3.63) is 59.9 Å². The van der Waals surface area contributed by atoms with Crippen molar-refractivity contribution in [3.8, 4) is 0 Å². The summed E-state index contributed by atoms with van der Waals surface area (Å²) in [6.07, 6.45) is 0.780. The van der Waals surface area contributed by atoms with Gasteiger partial charge in [-0.1, -0.05) is 18.2 Å². The molecule has 3 N–H and O–H groups in total. The van der Waals surface area contributed by atoms with Crippen LogP contribution >= 0.6 is 0 Å². The fraction of sp³-hybridized carbons (Fsp3) is 0.375. The number of nitrogens with zero attached hydrogens (tertiary/aromatic N) is 1. The van der Waals surface area contributed by atoms with Crippen LogP contribution < -0.4 is 16.0 Å². The molecule has 1 fully saturated rings. The van der Waals surface area contributed by atoms with Crippen molar-refractivity contribution >= 4 is 33.4 Å². The number of rotatable bonds is 8. The highest BCUT2D eigenvalue weighted by atomic mass is 32.2. The van der Waals surface area contributed by atoms with Gasteiger partial charge in [0.1, 0.15) is 11.9 Å². The second kappa shape index (κ2) is 11.4. The van der Waals surface area contributed by atoms with Crippen LogP contribution in [0.15, 0.2) is 53.4 Å². The molecular formula is C24H29FN4O5S. The monoisotopic (exact) mass is 504 g/mol. The van der Waals surface area contributed by atoms with Gasteiger partial charge < -0.3 is 16.0 Å². The number of halogens is 1. The smallest absolute Gasteiger partial charge is 0.243 e. The summed E-state index contributed by atoms with van der Waals surface area (Å²) in [5.74, 6) is -1.57. The van der Waals surface area contributed by atoms with Crippen molar-refractivity contribution < 1.29 is 27.2 Å². The van der Waals surface area contributed by atoms with Crippen LogP contribution in [0.2, 0.25) is 0 Å². The molecule has 2 aromatic carbocycles. The van der Waals surface area contributed by atoms with Gasteiger partial charge in [0.25, 0.3) is 0 Å². The first-order valence-corrected chi connectivity index (χ1v) is 12.7. The average molecular weight is 505 g/mol. The molecule has 0 bridgehead atoms. The molecule has 1 aliphatic heterocycles. The van der Waals surface area contributed by atoms with Crippen LogP contribution in [-0.4, -0.2) is 55.6 Å². The van der Waals surface area contributed by atoms with E-state index in [2.05, 4.69) is 16.0 Å². The Labute approximate surface area is 204 Å². The summed E-state index contributed by atoms with van der Waals surface area (Å²) in [5.41, 5.74) is 0.814. The largest absolute Gasteiger partial charge is 0.351 e. The number of nitrogens with one attached hydrogen (secondary N) is 3. The molecule has 0 saturated carbocycles. The lowest BCUT2D eigenvalue weighted by Crippen LogP contribution is -2.53. The van der Waals surface area contributed by atoms with Crippen LogP contribution in [0.5, 0.6) is 0 Å². The van der Waals surface area contributed by atoms with Crippen molar-refractivity contribution in [2.45, 2.75) is 50.1 Å². The van der Waals surface area contributed by atoms with Crippen molar-refractivity contribution in [3.63, 3.8) is 0 Å². The number of anilines is 1. The van der Waals surface area contributed by atoms with E-state index in [1.807, 2.05) is 0 Å². The zero-order valence-corrected chi connectivity index (χ0v) is 20.4. The number of sulfonamides is 1. The first-order chi connectivity index (χ1) is 16.6. The molecule has 0 unspecified atom stereocenters. The molecule has 0 aromatic heterocycles. The quantitative estimate of drug-likeness (QED) is 0.506. The number of amides is 3. The lowest BCUT2D eigenvalue weighted by atomic mass is 10.0. The first kappa shape index (κ1) is 26.3. The van der Waals surface area contributed by atoms with Gasteiger partial charge in [0.05, 0.1) is 4.90 Å². The molecule has 1 saturated heterocycles. The Morgan fingerprint density at radius 2 is 1.63 bits per heavy atom. The third-order valence-electron chi connectivity index (χ3n) is 5.69. The van der Waals surface area contributed by atoms with Gasteiger partial charge >= 0.3 is 0 Å². The van der Waals surface area contributed by atoms with E-state index in [0.717, 1.165) is 0 Å². The molecule has 188 valence electrons. The molecule has 0 radical (unpaired) electrons. The fourth-order valence-electron chi connectivity index (χ4n) is 3.94. The summed E-state index contributed by atoms with van der Waals surface area (Å²) in [4.78, 5) is 35.7. The van der Waals surface area contributed by atoms with Crippen LogP contribution in [0.25, 0.3) is 0 Å². The maximum Gasteiger partial charge on any atom is 0.243 e. The second-order valence-corrected chi connectivity index (χ2v) is 10.4. The van der Waals surface area contributed by atoms with Crippen LogP contribution in [0.3, 0.4) is 0 Å². The number of carbonyl (C=O) groups is 3. The zero-order valence-electron chi connectivity index (χ0n) is 19.6. The molecule has 9 nitrogen and oxygen atoms in total. The van der Waals surface area contributed by atoms with Crippen molar-refractivity contribution in [1.82, 2.24) is 14.9 Å². The molecule has 0 spiro atoms. The SMILES string of the molecule is CC(=O)Nc1ccc(S(=O)(=O)N2CCC(NC(=O)[C@H](Cc3ccccc3F)NC(C)=O)CC2)cc1. The second-order valence-electron chi connectivity index (χ2n) is 8.44. The lowest BCUT2D eigenvalue weighted by Gasteiger charge is -2.32. The van der Waals surface area contributed by atoms with E-state index in [1.54, 1.807) is 18.2 Å². The van der Waals surface area contributed by atoms with E-state index in [0.29, 0.717) is 24.1 Å². The number of carbonyl (C=O) groups excluding carboxylic acids is 3. The highest BCUT2D eigenvalue weighted by Crippen LogP contribution is 2.22. The van der Waals surface area contributed by atoms with Crippen molar-refractivity contribution in [2.24, 2.45) is 0 Å². The number of hydrogen-bond acceptors (Lipinski definition) is 5. The van der Waals surface area contributed by atoms with Gasteiger partial charge in [-0.25, -0.2) is 12.8 Å². The molecule has 35 heavy (non-hydrogen) atoms. The summed E-state index contributed by atoms with van der Waals surface area (Å²) < 4.78 is 41.4. The minimum atomic E-state index is -3.73. The van der Waals surface area contributed by atoms with Gasteiger partial charge in [0, 0.05) is 45.1 Å². The molecule has 2 aromatic rings. The first-order valence-electron chi connectivity index (χ1n) is 11.2. The molecule has 3 rings (SSSR count). The minimum Gasteiger partial charge on any atom is -0.351 e. The molecular weight excluding hydrogens is 475 g/mol. The van der Waals surface area contributed by atoms with Gasteiger partial charge in [-0.05, 0) is 48.7 Å². The minimum absolute atomic E-state index is 0.000207. The molecule has 1 heterocycles. The van der Waals surface area contributed by atoms with E-state index in [-0.39, 0.29) is 36.4 Å². The third-order valence-corrected chi connectivity index (χ3v) is 7.60. The van der Waals surface area contributed by atoms with Crippen molar-refractivity contribution in [1.29, 1.82) is 0 Å². The lowest BCUT2D eigenvalue weighted by molar-refractivity contribution is -0.128. The number of benzene rings is 2. The molecule has 3 amide bonds. The Morgan fingerprint density at radius 1 is 1.00 bits per heavy atom. The zero-order chi connectivity index (χ0) is 25.6. The highest BCUT2D eigenvalue weighted by molar-refractivity contribution is 7.89. The van der Waals surface area contributed by atoms with E-state index in [1.165, 1.54) is 48.5 Å². The van der Waals surface area contributed by atoms with Crippen LogP contribution in [0.4, 0.5) is 10.1 Å². The molecule has 11 heteroatoms. The summed E-state index contributed by atoms with van der Waals surface area (Å²) in [5, 5.41) is 8.02. The van der Waals surface area contributed by atoms with E-state index >= 15 is 0 Å². The van der Waals surface area contributed by atoms with Gasteiger partial charge in [0.15, 0.2) is 0 Å². The molecule has 1 atom stereocenters. The summed E-state index contributed by atoms with van der Waals surface area (Å²) >= 11 is 0. The summed E-state index contributed by atoms with van der Waals surface area (Å²) in [6, 6.07) is 10.8. The Hall–Kier alpha value is -3.31. The molecule has 0 aliphatic carbocycles. The number of piperidine rings is 1. The summed E-state index contributed by atoms with van der Waals surface area (Å²) in [7, 11) is -3.73. The Morgan fingerprint density at radius 3 is 2.20 bits per heavy atom. The van der Waals surface area contributed by atoms with E-state index in [9.17, 15) is 27.2 Å². The van der Waals surface area contributed by atoms with Crippen molar-refractivity contribution in [2.75, 3.05) is 18.4 Å². The standard InChI is InChI=1S/C24H29FN4O5S/c1-16(30)26-19-7-9-21(10-8-19)35(33,34)29-13-11-20(12-14-29)28-24(32)23(27-17(2)31)15-18-5-3-4-6-22(18)25/h3-10,20,23H,11-15H2,1-2H3,(H,26,30)(H,27,31)(H,28,32)/t23-/m0/s1. The Balaban J connectivity index is 1.59. The number of hydrogen-bond donors (Lipinski definition) is 3. The average Bonchev–Trinajstić information content (AvgIpc) is 2.80. The van der Waals surface area contributed by atoms with Gasteiger partial charge in [-0.2, -0.15) is 4.31 Å². The maximum absolute atomic E-state index is 14.1. The van der Waals surface area contributed by atoms with Crippen LogP contribution in [-0.2, 0) is 30.8 Å². The predicted octanol–water partition coefficient (Wildman–Crippen LogP) is 1.80. The fourth-order valence-corrected chi connectivity index (χ4v) is 5.41. The van der Waals surface area contributed by atoms with E-state index in [4.69, 9.17) is 0 Å². The van der Waals surface area contributed by atoms with Gasteiger partial charge in [-0.15, -0.1) is 0 Å². The molecule has 1 aliphatic rings. The maximum atomic E-state index is 14.1. The predicted molar refractivity (Wildman–Crippen MR) is 128 cm³/mol.